The van der Waals surface area contributed by atoms with Gasteiger partial charge in [0, 0.05) is 30.4 Å². The molecule has 0 spiro atoms. The van der Waals surface area contributed by atoms with Crippen LogP contribution < -0.4 is 25.4 Å². The zero-order valence-electron chi connectivity index (χ0n) is 17.7. The summed E-state index contributed by atoms with van der Waals surface area (Å²) in [5.74, 6) is -1.70. The molecule has 3 rings (SSSR count). The van der Waals surface area contributed by atoms with E-state index in [2.05, 4.69) is 20.7 Å². The molecule has 0 radical (unpaired) electrons. The van der Waals surface area contributed by atoms with Crippen molar-refractivity contribution in [3.8, 4) is 11.5 Å². The molecule has 0 saturated heterocycles. The Morgan fingerprint density at radius 3 is 2.15 bits per heavy atom. The maximum absolute atomic E-state index is 13.8. The molecule has 178 valence electrons. The van der Waals surface area contributed by atoms with Gasteiger partial charge in [-0.2, -0.15) is 0 Å². The molecule has 0 bridgehead atoms. The van der Waals surface area contributed by atoms with Gasteiger partial charge in [-0.1, -0.05) is 0 Å². The van der Waals surface area contributed by atoms with Crippen molar-refractivity contribution < 1.29 is 36.6 Å². The second-order valence-corrected chi connectivity index (χ2v) is 7.59. The SMILES string of the molecule is CC(=O)Nc1ccc(OC2CCC(NC(=O)Nc3ccc(OC(F)(F)F)c(F)c3)CC2)cc1. The Balaban J connectivity index is 1.43. The molecule has 0 aliphatic heterocycles. The van der Waals surface area contributed by atoms with Crippen molar-refractivity contribution in [2.75, 3.05) is 10.6 Å². The van der Waals surface area contributed by atoms with Gasteiger partial charge >= 0.3 is 12.4 Å². The molecule has 2 aromatic rings. The summed E-state index contributed by atoms with van der Waals surface area (Å²) in [5.41, 5.74) is 0.676. The van der Waals surface area contributed by atoms with Crippen LogP contribution in [-0.2, 0) is 4.79 Å². The molecule has 3 N–H and O–H groups in total. The van der Waals surface area contributed by atoms with Gasteiger partial charge in [0.2, 0.25) is 5.91 Å². The van der Waals surface area contributed by atoms with Crippen LogP contribution in [0.3, 0.4) is 0 Å². The highest BCUT2D eigenvalue weighted by atomic mass is 19.4. The van der Waals surface area contributed by atoms with E-state index >= 15 is 0 Å². The van der Waals surface area contributed by atoms with Crippen molar-refractivity contribution in [3.05, 3.63) is 48.3 Å². The van der Waals surface area contributed by atoms with Crippen LogP contribution in [0.15, 0.2) is 42.5 Å². The monoisotopic (exact) mass is 469 g/mol. The minimum absolute atomic E-state index is 0.000691. The topological polar surface area (TPSA) is 88.7 Å². The molecule has 1 aliphatic rings. The summed E-state index contributed by atoms with van der Waals surface area (Å²) in [5, 5.41) is 7.85. The number of rotatable bonds is 6. The molecule has 1 aliphatic carbocycles. The van der Waals surface area contributed by atoms with Crippen LogP contribution in [0.25, 0.3) is 0 Å². The summed E-state index contributed by atoms with van der Waals surface area (Å²) in [6, 6.07) is 9.00. The predicted molar refractivity (Wildman–Crippen MR) is 113 cm³/mol. The molecule has 0 atom stereocenters. The molecule has 1 saturated carbocycles. The number of ether oxygens (including phenoxy) is 2. The Hall–Kier alpha value is -3.50. The Kier molecular flexibility index (Phi) is 7.62. The Bertz CT molecular complexity index is 975. The van der Waals surface area contributed by atoms with Gasteiger partial charge in [-0.15, -0.1) is 13.2 Å². The van der Waals surface area contributed by atoms with E-state index in [4.69, 9.17) is 4.74 Å². The molecule has 0 heterocycles. The smallest absolute Gasteiger partial charge is 0.490 e. The predicted octanol–water partition coefficient (Wildman–Crippen LogP) is 5.19. The van der Waals surface area contributed by atoms with E-state index in [0.29, 0.717) is 37.1 Å². The number of amides is 3. The second-order valence-electron chi connectivity index (χ2n) is 7.59. The molecule has 2 aromatic carbocycles. The van der Waals surface area contributed by atoms with Gasteiger partial charge in [-0.25, -0.2) is 9.18 Å². The number of carbonyl (C=O) groups excluding carboxylic acids is 2. The van der Waals surface area contributed by atoms with Crippen molar-refractivity contribution in [2.24, 2.45) is 0 Å². The molecular formula is C22H23F4N3O4. The first-order chi connectivity index (χ1) is 15.6. The summed E-state index contributed by atoms with van der Waals surface area (Å²) in [4.78, 5) is 23.2. The van der Waals surface area contributed by atoms with Gasteiger partial charge in [0.05, 0.1) is 6.10 Å². The molecule has 1 fully saturated rings. The number of carbonyl (C=O) groups is 2. The zero-order valence-corrected chi connectivity index (χ0v) is 17.7. The van der Waals surface area contributed by atoms with Gasteiger partial charge in [0.25, 0.3) is 0 Å². The van der Waals surface area contributed by atoms with E-state index in [1.165, 1.54) is 6.92 Å². The van der Waals surface area contributed by atoms with Crippen LogP contribution in [0.5, 0.6) is 11.5 Å². The lowest BCUT2D eigenvalue weighted by molar-refractivity contribution is -0.275. The number of anilines is 2. The van der Waals surface area contributed by atoms with Gasteiger partial charge in [0.15, 0.2) is 11.6 Å². The van der Waals surface area contributed by atoms with Crippen molar-refractivity contribution >= 4 is 23.3 Å². The van der Waals surface area contributed by atoms with E-state index in [-0.39, 0.29) is 23.7 Å². The average Bonchev–Trinajstić information content (AvgIpc) is 2.72. The Morgan fingerprint density at radius 1 is 0.939 bits per heavy atom. The second kappa shape index (κ2) is 10.4. The van der Waals surface area contributed by atoms with Crippen molar-refractivity contribution in [2.45, 2.75) is 51.1 Å². The third-order valence-corrected chi connectivity index (χ3v) is 4.90. The molecule has 7 nitrogen and oxygen atoms in total. The van der Waals surface area contributed by atoms with Crippen LogP contribution in [0.1, 0.15) is 32.6 Å². The minimum Gasteiger partial charge on any atom is -0.490 e. The number of alkyl halides is 3. The van der Waals surface area contributed by atoms with Crippen LogP contribution in [-0.4, -0.2) is 30.4 Å². The first-order valence-electron chi connectivity index (χ1n) is 10.2. The van der Waals surface area contributed by atoms with Crippen LogP contribution in [0, 0.1) is 5.82 Å². The number of hydrogen-bond acceptors (Lipinski definition) is 4. The van der Waals surface area contributed by atoms with E-state index < -0.39 is 24.0 Å². The molecule has 0 aromatic heterocycles. The van der Waals surface area contributed by atoms with E-state index in [1.807, 2.05) is 0 Å². The van der Waals surface area contributed by atoms with Crippen molar-refractivity contribution in [1.82, 2.24) is 5.32 Å². The maximum atomic E-state index is 13.8. The van der Waals surface area contributed by atoms with Crippen LogP contribution in [0.2, 0.25) is 0 Å². The number of urea groups is 1. The van der Waals surface area contributed by atoms with Crippen LogP contribution >= 0.6 is 0 Å². The summed E-state index contributed by atoms with van der Waals surface area (Å²) in [7, 11) is 0. The fourth-order valence-electron chi connectivity index (χ4n) is 3.48. The number of halogens is 4. The zero-order chi connectivity index (χ0) is 24.0. The molecule has 11 heteroatoms. The van der Waals surface area contributed by atoms with Gasteiger partial charge in [-0.05, 0) is 62.1 Å². The lowest BCUT2D eigenvalue weighted by Crippen LogP contribution is -2.41. The molecule has 0 unspecified atom stereocenters. The highest BCUT2D eigenvalue weighted by molar-refractivity contribution is 5.89. The lowest BCUT2D eigenvalue weighted by atomic mass is 9.93. The van der Waals surface area contributed by atoms with Crippen molar-refractivity contribution in [1.29, 1.82) is 0 Å². The van der Waals surface area contributed by atoms with Gasteiger partial charge in [0.1, 0.15) is 5.75 Å². The first kappa shape index (κ1) is 24.1. The third-order valence-electron chi connectivity index (χ3n) is 4.90. The minimum atomic E-state index is -5.01. The molecular weight excluding hydrogens is 446 g/mol. The van der Waals surface area contributed by atoms with Gasteiger partial charge < -0.3 is 25.4 Å². The lowest BCUT2D eigenvalue weighted by Gasteiger charge is -2.29. The fourth-order valence-corrected chi connectivity index (χ4v) is 3.48. The largest absolute Gasteiger partial charge is 0.573 e. The third kappa shape index (κ3) is 7.85. The summed E-state index contributed by atoms with van der Waals surface area (Å²) in [6.07, 6.45) is -2.30. The fraction of sp³-hybridized carbons (Fsp3) is 0.364. The quantitative estimate of drug-likeness (QED) is 0.508. The standard InChI is InChI=1S/C22H23F4N3O4/c1-13(30)27-14-2-7-17(8-3-14)32-18-9-4-15(5-10-18)28-21(31)29-16-6-11-20(19(23)12-16)33-22(24,25)26/h2-3,6-8,11-12,15,18H,4-5,9-10H2,1H3,(H,27,30)(H2,28,29,31). The Morgan fingerprint density at radius 2 is 1.58 bits per heavy atom. The maximum Gasteiger partial charge on any atom is 0.573 e. The average molecular weight is 469 g/mol. The highest BCUT2D eigenvalue weighted by Gasteiger charge is 2.32. The summed E-state index contributed by atoms with van der Waals surface area (Å²) < 4.78 is 59.9. The summed E-state index contributed by atoms with van der Waals surface area (Å²) in [6.45, 7) is 1.43. The van der Waals surface area contributed by atoms with Crippen LogP contribution in [0.4, 0.5) is 33.7 Å². The number of hydrogen-bond donors (Lipinski definition) is 3. The number of nitrogens with one attached hydrogen (secondary N) is 3. The van der Waals surface area contributed by atoms with Gasteiger partial charge in [-0.3, -0.25) is 4.79 Å². The normalized spacial score (nSPS) is 18.2. The van der Waals surface area contributed by atoms with Crippen molar-refractivity contribution in [3.63, 3.8) is 0 Å². The molecule has 33 heavy (non-hydrogen) atoms. The number of benzene rings is 2. The molecule has 3 amide bonds. The highest BCUT2D eigenvalue weighted by Crippen LogP contribution is 2.28. The first-order valence-corrected chi connectivity index (χ1v) is 10.2. The van der Waals surface area contributed by atoms with E-state index in [1.54, 1.807) is 24.3 Å². The van der Waals surface area contributed by atoms with E-state index in [9.17, 15) is 27.2 Å². The van der Waals surface area contributed by atoms with E-state index in [0.717, 1.165) is 18.2 Å². The Labute approximate surface area is 187 Å². The summed E-state index contributed by atoms with van der Waals surface area (Å²) >= 11 is 0.